The Kier molecular flexibility index (Phi) is 3.89. The SMILES string of the molecule is Cc1ccc2nc(N)n(-c3ccc(N4CCOCC4)cc3)c(=O)c2c1. The molecule has 2 N–H and O–H groups in total. The third-order valence-electron chi connectivity index (χ3n) is 4.53. The smallest absolute Gasteiger partial charge is 0.267 e. The van der Waals surface area contributed by atoms with Crippen molar-refractivity contribution < 1.29 is 4.74 Å². The van der Waals surface area contributed by atoms with Crippen LogP contribution >= 0.6 is 0 Å². The molecule has 4 rings (SSSR count). The maximum atomic E-state index is 12.9. The number of anilines is 2. The first-order valence-electron chi connectivity index (χ1n) is 8.35. The summed E-state index contributed by atoms with van der Waals surface area (Å²) in [5.74, 6) is 0.195. The Balaban J connectivity index is 1.77. The number of ether oxygens (including phenoxy) is 1. The summed E-state index contributed by atoms with van der Waals surface area (Å²) in [5, 5.41) is 0.575. The Labute approximate surface area is 145 Å². The number of hydrogen-bond donors (Lipinski definition) is 1. The van der Waals surface area contributed by atoms with Crippen molar-refractivity contribution in [1.82, 2.24) is 9.55 Å². The van der Waals surface area contributed by atoms with Gasteiger partial charge in [0.2, 0.25) is 5.95 Å². The van der Waals surface area contributed by atoms with Gasteiger partial charge in [-0.15, -0.1) is 0 Å². The van der Waals surface area contributed by atoms with Crippen LogP contribution < -0.4 is 16.2 Å². The van der Waals surface area contributed by atoms with Crippen molar-refractivity contribution in [2.75, 3.05) is 36.9 Å². The summed E-state index contributed by atoms with van der Waals surface area (Å²) in [6, 6.07) is 13.4. The van der Waals surface area contributed by atoms with Crippen molar-refractivity contribution in [1.29, 1.82) is 0 Å². The van der Waals surface area contributed by atoms with Crippen molar-refractivity contribution in [2.24, 2.45) is 0 Å². The van der Waals surface area contributed by atoms with E-state index in [1.165, 1.54) is 4.57 Å². The lowest BCUT2D eigenvalue weighted by atomic mass is 10.1. The van der Waals surface area contributed by atoms with Gasteiger partial charge in [0.25, 0.3) is 5.56 Å². The molecule has 3 aromatic rings. The van der Waals surface area contributed by atoms with Gasteiger partial charge in [0.15, 0.2) is 0 Å². The summed E-state index contributed by atoms with van der Waals surface area (Å²) in [6.07, 6.45) is 0. The minimum absolute atomic E-state index is 0.148. The van der Waals surface area contributed by atoms with Crippen molar-refractivity contribution in [3.63, 3.8) is 0 Å². The minimum Gasteiger partial charge on any atom is -0.378 e. The predicted octanol–water partition coefficient (Wildman–Crippen LogP) is 2.11. The molecular weight excluding hydrogens is 316 g/mol. The largest absolute Gasteiger partial charge is 0.378 e. The fraction of sp³-hybridized carbons (Fsp3) is 0.263. The van der Waals surface area contributed by atoms with Crippen LogP contribution in [0.25, 0.3) is 16.6 Å². The first kappa shape index (κ1) is 15.7. The highest BCUT2D eigenvalue weighted by molar-refractivity contribution is 5.80. The van der Waals surface area contributed by atoms with Gasteiger partial charge in [0.05, 0.1) is 29.8 Å². The summed E-state index contributed by atoms with van der Waals surface area (Å²) in [5.41, 5.74) is 9.39. The molecule has 0 unspecified atom stereocenters. The highest BCUT2D eigenvalue weighted by Crippen LogP contribution is 2.20. The lowest BCUT2D eigenvalue weighted by molar-refractivity contribution is 0.122. The van der Waals surface area contributed by atoms with Crippen molar-refractivity contribution in [3.8, 4) is 5.69 Å². The quantitative estimate of drug-likeness (QED) is 0.776. The summed E-state index contributed by atoms with van der Waals surface area (Å²) in [7, 11) is 0. The predicted molar refractivity (Wildman–Crippen MR) is 99.5 cm³/mol. The van der Waals surface area contributed by atoms with E-state index in [1.54, 1.807) is 0 Å². The van der Waals surface area contributed by atoms with Crippen LogP contribution in [0, 0.1) is 6.92 Å². The molecule has 6 heteroatoms. The molecule has 0 saturated carbocycles. The Morgan fingerprint density at radius 3 is 2.44 bits per heavy atom. The maximum absolute atomic E-state index is 12.9. The number of hydrogen-bond acceptors (Lipinski definition) is 5. The van der Waals surface area contributed by atoms with Gasteiger partial charge < -0.3 is 15.4 Å². The van der Waals surface area contributed by atoms with E-state index in [9.17, 15) is 4.79 Å². The summed E-state index contributed by atoms with van der Waals surface area (Å²) in [4.78, 5) is 19.5. The van der Waals surface area contributed by atoms with E-state index in [4.69, 9.17) is 10.5 Å². The molecule has 25 heavy (non-hydrogen) atoms. The van der Waals surface area contributed by atoms with E-state index in [2.05, 4.69) is 9.88 Å². The molecule has 1 saturated heterocycles. The second-order valence-electron chi connectivity index (χ2n) is 6.25. The van der Waals surface area contributed by atoms with Crippen LogP contribution in [0.15, 0.2) is 47.3 Å². The van der Waals surface area contributed by atoms with Crippen LogP contribution in [0.3, 0.4) is 0 Å². The van der Waals surface area contributed by atoms with Crippen LogP contribution in [-0.4, -0.2) is 35.9 Å². The third-order valence-corrected chi connectivity index (χ3v) is 4.53. The van der Waals surface area contributed by atoms with Crippen LogP contribution in [-0.2, 0) is 4.74 Å². The molecule has 1 fully saturated rings. The Morgan fingerprint density at radius 2 is 1.72 bits per heavy atom. The normalized spacial score (nSPS) is 14.8. The van der Waals surface area contributed by atoms with Gasteiger partial charge in [0, 0.05) is 18.8 Å². The fourth-order valence-electron chi connectivity index (χ4n) is 3.20. The van der Waals surface area contributed by atoms with Crippen LogP contribution in [0.2, 0.25) is 0 Å². The summed E-state index contributed by atoms with van der Waals surface area (Å²) < 4.78 is 6.85. The number of aromatic nitrogens is 2. The number of morpholine rings is 1. The zero-order chi connectivity index (χ0) is 17.4. The second kappa shape index (κ2) is 6.22. The molecule has 1 aliphatic heterocycles. The first-order chi connectivity index (χ1) is 12.1. The number of nitrogens with two attached hydrogens (primary N) is 1. The molecule has 0 aliphatic carbocycles. The van der Waals surface area contributed by atoms with E-state index >= 15 is 0 Å². The second-order valence-corrected chi connectivity index (χ2v) is 6.25. The van der Waals surface area contributed by atoms with E-state index in [0.717, 1.165) is 43.2 Å². The number of rotatable bonds is 2. The van der Waals surface area contributed by atoms with Crippen molar-refractivity contribution in [2.45, 2.75) is 6.92 Å². The number of fused-ring (bicyclic) bond motifs is 1. The number of nitrogens with zero attached hydrogens (tertiary/aromatic N) is 3. The molecule has 2 aromatic carbocycles. The minimum atomic E-state index is -0.148. The lowest BCUT2D eigenvalue weighted by Gasteiger charge is -2.29. The molecule has 2 heterocycles. The molecule has 128 valence electrons. The van der Waals surface area contributed by atoms with E-state index in [1.807, 2.05) is 49.4 Å². The molecule has 0 bridgehead atoms. The van der Waals surface area contributed by atoms with Crippen LogP contribution in [0.5, 0.6) is 0 Å². The topological polar surface area (TPSA) is 73.4 Å². The van der Waals surface area contributed by atoms with Gasteiger partial charge in [-0.05, 0) is 43.3 Å². The fourth-order valence-corrected chi connectivity index (χ4v) is 3.20. The molecule has 0 radical (unpaired) electrons. The molecule has 0 amide bonds. The van der Waals surface area contributed by atoms with E-state index < -0.39 is 0 Å². The molecular formula is C19H20N4O2. The van der Waals surface area contributed by atoms with Crippen LogP contribution in [0.1, 0.15) is 5.56 Å². The van der Waals surface area contributed by atoms with Gasteiger partial charge in [-0.1, -0.05) is 11.6 Å². The van der Waals surface area contributed by atoms with Crippen molar-refractivity contribution >= 4 is 22.5 Å². The standard InChI is InChI=1S/C19H20N4O2/c1-13-2-7-17-16(12-13)18(24)23(19(20)21-17)15-5-3-14(4-6-15)22-8-10-25-11-9-22/h2-7,12H,8-11H2,1H3,(H2,20,21). The maximum Gasteiger partial charge on any atom is 0.267 e. The van der Waals surface area contributed by atoms with E-state index in [-0.39, 0.29) is 11.5 Å². The van der Waals surface area contributed by atoms with E-state index in [0.29, 0.717) is 10.9 Å². The highest BCUT2D eigenvalue weighted by atomic mass is 16.5. The molecule has 1 aliphatic rings. The van der Waals surface area contributed by atoms with Gasteiger partial charge in [0.1, 0.15) is 0 Å². The first-order valence-corrected chi connectivity index (χ1v) is 8.35. The highest BCUT2D eigenvalue weighted by Gasteiger charge is 2.13. The Hall–Kier alpha value is -2.86. The molecule has 0 atom stereocenters. The summed E-state index contributed by atoms with van der Waals surface area (Å²) in [6.45, 7) is 5.18. The number of aryl methyl sites for hydroxylation is 1. The average molecular weight is 336 g/mol. The zero-order valence-electron chi connectivity index (χ0n) is 14.1. The van der Waals surface area contributed by atoms with Crippen LogP contribution in [0.4, 0.5) is 11.6 Å². The van der Waals surface area contributed by atoms with Gasteiger partial charge in [-0.3, -0.25) is 4.79 Å². The lowest BCUT2D eigenvalue weighted by Crippen LogP contribution is -2.36. The monoisotopic (exact) mass is 336 g/mol. The number of benzene rings is 2. The zero-order valence-corrected chi connectivity index (χ0v) is 14.1. The van der Waals surface area contributed by atoms with Gasteiger partial charge in [-0.25, -0.2) is 9.55 Å². The Bertz CT molecular complexity index is 973. The Morgan fingerprint density at radius 1 is 1.04 bits per heavy atom. The van der Waals surface area contributed by atoms with Crippen molar-refractivity contribution in [3.05, 3.63) is 58.4 Å². The van der Waals surface area contributed by atoms with Gasteiger partial charge in [-0.2, -0.15) is 0 Å². The molecule has 6 nitrogen and oxygen atoms in total. The number of nitrogen functional groups attached to an aromatic ring is 1. The molecule has 1 aromatic heterocycles. The average Bonchev–Trinajstić information content (AvgIpc) is 2.64. The summed E-state index contributed by atoms with van der Waals surface area (Å²) >= 11 is 0. The molecule has 0 spiro atoms. The third kappa shape index (κ3) is 2.85. The van der Waals surface area contributed by atoms with Gasteiger partial charge >= 0.3 is 0 Å².